The fraction of sp³-hybridized carbons (Fsp3) is 0.462. The first-order valence-electron chi connectivity index (χ1n) is 6.21. The Morgan fingerprint density at radius 3 is 2.68 bits per heavy atom. The van der Waals surface area contributed by atoms with Gasteiger partial charge in [-0.25, -0.2) is 9.78 Å². The Kier molecular flexibility index (Phi) is 3.42. The maximum Gasteiger partial charge on any atom is 0.338 e. The van der Waals surface area contributed by atoms with E-state index < -0.39 is 11.9 Å². The molecule has 0 radical (unpaired) electrons. The van der Waals surface area contributed by atoms with Crippen molar-refractivity contribution in [1.82, 2.24) is 10.3 Å². The van der Waals surface area contributed by atoms with Gasteiger partial charge < -0.3 is 16.2 Å². The molecule has 102 valence electrons. The first-order chi connectivity index (χ1) is 8.90. The summed E-state index contributed by atoms with van der Waals surface area (Å²) < 4.78 is 0. The molecule has 1 aliphatic rings. The van der Waals surface area contributed by atoms with E-state index in [2.05, 4.69) is 10.3 Å². The number of aromatic carboxylic acids is 1. The lowest BCUT2D eigenvalue weighted by atomic mass is 10.1. The van der Waals surface area contributed by atoms with Crippen LogP contribution in [0.1, 0.15) is 46.2 Å². The van der Waals surface area contributed by atoms with Crippen molar-refractivity contribution < 1.29 is 14.7 Å². The van der Waals surface area contributed by atoms with Gasteiger partial charge in [0.15, 0.2) is 0 Å². The molecule has 0 aromatic carbocycles. The van der Waals surface area contributed by atoms with E-state index in [-0.39, 0.29) is 23.1 Å². The summed E-state index contributed by atoms with van der Waals surface area (Å²) in [6.07, 6.45) is 2.19. The van der Waals surface area contributed by atoms with E-state index >= 15 is 0 Å². The largest absolute Gasteiger partial charge is 0.478 e. The van der Waals surface area contributed by atoms with Gasteiger partial charge in [0.05, 0.1) is 5.56 Å². The molecule has 2 rings (SSSR count). The number of anilines is 1. The Hall–Kier alpha value is -2.11. The van der Waals surface area contributed by atoms with Gasteiger partial charge in [0.2, 0.25) is 0 Å². The van der Waals surface area contributed by atoms with Gasteiger partial charge >= 0.3 is 5.97 Å². The summed E-state index contributed by atoms with van der Waals surface area (Å²) in [4.78, 5) is 27.2. The average Bonchev–Trinajstić information content (AvgIpc) is 3.15. The number of amides is 1. The Bertz CT molecular complexity index is 538. The van der Waals surface area contributed by atoms with Gasteiger partial charge in [0, 0.05) is 6.04 Å². The lowest BCUT2D eigenvalue weighted by Gasteiger charge is -2.14. The van der Waals surface area contributed by atoms with Gasteiger partial charge in [-0.05, 0) is 44.2 Å². The van der Waals surface area contributed by atoms with Crippen molar-refractivity contribution in [2.45, 2.75) is 32.7 Å². The maximum absolute atomic E-state index is 12.1. The molecular formula is C13H17N3O3. The molecule has 6 nitrogen and oxygen atoms in total. The topological polar surface area (TPSA) is 105 Å². The number of nitrogens with zero attached hydrogens (tertiary/aromatic N) is 1. The number of aryl methyl sites for hydroxylation is 1. The smallest absolute Gasteiger partial charge is 0.338 e. The predicted molar refractivity (Wildman–Crippen MR) is 70.0 cm³/mol. The highest BCUT2D eigenvalue weighted by molar-refractivity contribution is 6.03. The molecule has 0 aliphatic heterocycles. The van der Waals surface area contributed by atoms with Crippen LogP contribution < -0.4 is 11.1 Å². The number of pyridine rings is 1. The van der Waals surface area contributed by atoms with E-state index in [4.69, 9.17) is 10.8 Å². The Balaban J connectivity index is 2.28. The van der Waals surface area contributed by atoms with Gasteiger partial charge in [0.1, 0.15) is 11.5 Å². The second-order valence-electron chi connectivity index (χ2n) is 4.99. The number of nitrogens with two attached hydrogens (primary N) is 1. The van der Waals surface area contributed by atoms with E-state index in [1.807, 2.05) is 6.92 Å². The number of carbonyl (C=O) groups excluding carboxylic acids is 1. The first-order valence-corrected chi connectivity index (χ1v) is 6.21. The van der Waals surface area contributed by atoms with E-state index in [0.717, 1.165) is 12.8 Å². The zero-order valence-corrected chi connectivity index (χ0v) is 10.9. The third kappa shape index (κ3) is 2.83. The molecule has 1 aromatic heterocycles. The van der Waals surface area contributed by atoms with Crippen LogP contribution in [0.5, 0.6) is 0 Å². The number of nitrogen functional groups attached to an aromatic ring is 1. The molecule has 1 amide bonds. The molecule has 6 heteroatoms. The third-order valence-corrected chi connectivity index (χ3v) is 3.39. The normalized spacial score (nSPS) is 15.9. The SMILES string of the molecule is Cc1cc(C(=O)O)c(C(=O)NC(C)C2CC2)nc1N. The quantitative estimate of drug-likeness (QED) is 0.757. The molecule has 0 saturated heterocycles. The molecule has 1 fully saturated rings. The van der Waals surface area contributed by atoms with Crippen molar-refractivity contribution in [3.63, 3.8) is 0 Å². The standard InChI is InChI=1S/C13H17N3O3/c1-6-5-9(13(18)19)10(16-11(6)14)12(17)15-7(2)8-3-4-8/h5,7-8H,3-4H2,1-2H3,(H2,14,16)(H,15,17)(H,18,19). The second-order valence-corrected chi connectivity index (χ2v) is 4.99. The number of hydrogen-bond donors (Lipinski definition) is 3. The molecular weight excluding hydrogens is 246 g/mol. The van der Waals surface area contributed by atoms with Crippen LogP contribution in [-0.2, 0) is 0 Å². The van der Waals surface area contributed by atoms with Crippen LogP contribution in [0.2, 0.25) is 0 Å². The summed E-state index contributed by atoms with van der Waals surface area (Å²) in [5.74, 6) is -1.00. The molecule has 1 atom stereocenters. The van der Waals surface area contributed by atoms with Crippen molar-refractivity contribution >= 4 is 17.7 Å². The molecule has 1 unspecified atom stereocenters. The minimum Gasteiger partial charge on any atom is -0.478 e. The van der Waals surface area contributed by atoms with Crippen molar-refractivity contribution in [1.29, 1.82) is 0 Å². The summed E-state index contributed by atoms with van der Waals surface area (Å²) in [7, 11) is 0. The van der Waals surface area contributed by atoms with Crippen LogP contribution in [0.25, 0.3) is 0 Å². The average molecular weight is 263 g/mol. The minimum atomic E-state index is -1.18. The van der Waals surface area contributed by atoms with Crippen LogP contribution >= 0.6 is 0 Å². The molecule has 0 spiro atoms. The molecule has 0 bridgehead atoms. The highest BCUT2D eigenvalue weighted by Crippen LogP contribution is 2.32. The molecule has 19 heavy (non-hydrogen) atoms. The second kappa shape index (κ2) is 4.87. The number of hydrogen-bond acceptors (Lipinski definition) is 4. The predicted octanol–water partition coefficient (Wildman–Crippen LogP) is 1.20. The number of rotatable bonds is 4. The van der Waals surface area contributed by atoms with Crippen molar-refractivity contribution in [2.75, 3.05) is 5.73 Å². The highest BCUT2D eigenvalue weighted by Gasteiger charge is 2.30. The summed E-state index contributed by atoms with van der Waals surface area (Å²) in [5.41, 5.74) is 5.95. The van der Waals surface area contributed by atoms with E-state index in [1.54, 1.807) is 6.92 Å². The van der Waals surface area contributed by atoms with Crippen LogP contribution in [0.4, 0.5) is 5.82 Å². The number of carboxylic acid groups (broad SMARTS) is 1. The summed E-state index contributed by atoms with van der Waals surface area (Å²) in [5, 5.41) is 11.9. The Morgan fingerprint density at radius 1 is 1.53 bits per heavy atom. The number of carbonyl (C=O) groups is 2. The molecule has 1 heterocycles. The third-order valence-electron chi connectivity index (χ3n) is 3.39. The molecule has 1 aliphatic carbocycles. The summed E-state index contributed by atoms with van der Waals surface area (Å²) >= 11 is 0. The van der Waals surface area contributed by atoms with Gasteiger partial charge in [-0.2, -0.15) is 0 Å². The molecule has 1 aromatic rings. The Labute approximate surface area is 111 Å². The zero-order chi connectivity index (χ0) is 14.2. The van der Waals surface area contributed by atoms with Gasteiger partial charge in [0.25, 0.3) is 5.91 Å². The molecule has 4 N–H and O–H groups in total. The van der Waals surface area contributed by atoms with Gasteiger partial charge in [-0.3, -0.25) is 4.79 Å². The van der Waals surface area contributed by atoms with Crippen molar-refractivity contribution in [2.24, 2.45) is 5.92 Å². The maximum atomic E-state index is 12.1. The van der Waals surface area contributed by atoms with E-state index in [1.165, 1.54) is 6.07 Å². The van der Waals surface area contributed by atoms with Crippen molar-refractivity contribution in [3.05, 3.63) is 22.9 Å². The fourth-order valence-corrected chi connectivity index (χ4v) is 1.95. The molecule has 1 saturated carbocycles. The lowest BCUT2D eigenvalue weighted by molar-refractivity contribution is 0.0689. The summed E-state index contributed by atoms with van der Waals surface area (Å²) in [6.45, 7) is 3.57. The first kappa shape index (κ1) is 13.3. The van der Waals surface area contributed by atoms with Crippen molar-refractivity contribution in [3.8, 4) is 0 Å². The van der Waals surface area contributed by atoms with Crippen LogP contribution in [-0.4, -0.2) is 28.0 Å². The van der Waals surface area contributed by atoms with Crippen LogP contribution in [0, 0.1) is 12.8 Å². The minimum absolute atomic E-state index is 0.0264. The summed E-state index contributed by atoms with van der Waals surface area (Å²) in [6, 6.07) is 1.40. The fourth-order valence-electron chi connectivity index (χ4n) is 1.95. The monoisotopic (exact) mass is 263 g/mol. The van der Waals surface area contributed by atoms with E-state index in [0.29, 0.717) is 11.5 Å². The zero-order valence-electron chi connectivity index (χ0n) is 10.9. The number of nitrogens with one attached hydrogen (secondary N) is 1. The lowest BCUT2D eigenvalue weighted by Crippen LogP contribution is -2.35. The number of aromatic nitrogens is 1. The highest BCUT2D eigenvalue weighted by atomic mass is 16.4. The van der Waals surface area contributed by atoms with Crippen LogP contribution in [0.15, 0.2) is 6.07 Å². The van der Waals surface area contributed by atoms with E-state index in [9.17, 15) is 9.59 Å². The number of carboxylic acids is 1. The van der Waals surface area contributed by atoms with Crippen LogP contribution in [0.3, 0.4) is 0 Å². The Morgan fingerprint density at radius 2 is 2.16 bits per heavy atom. The van der Waals surface area contributed by atoms with Gasteiger partial charge in [-0.1, -0.05) is 0 Å². The van der Waals surface area contributed by atoms with Gasteiger partial charge in [-0.15, -0.1) is 0 Å².